The van der Waals surface area contributed by atoms with E-state index in [1.54, 1.807) is 35.3 Å². The molecule has 0 bridgehead atoms. The number of aromatic nitrogens is 4. The molecule has 6 nitrogen and oxygen atoms in total. The summed E-state index contributed by atoms with van der Waals surface area (Å²) in [4.78, 5) is 12.5. The van der Waals surface area contributed by atoms with Crippen LogP contribution in [0.4, 0.5) is 5.69 Å². The number of nitrogens with zero attached hydrogens (tertiary/aromatic N) is 3. The van der Waals surface area contributed by atoms with Crippen molar-refractivity contribution in [2.24, 2.45) is 0 Å². The SMILES string of the molecule is Cc1cccc(Cn2cc(NC(=O)c3cc(-c4ccc(Cl)cc4)n[nH]3)cn2)c1. The first-order chi connectivity index (χ1) is 13.6. The van der Waals surface area contributed by atoms with Crippen LogP contribution in [0.1, 0.15) is 21.6 Å². The molecule has 4 rings (SSSR count). The first kappa shape index (κ1) is 18.0. The summed E-state index contributed by atoms with van der Waals surface area (Å²) in [7, 11) is 0. The summed E-state index contributed by atoms with van der Waals surface area (Å²) < 4.78 is 1.79. The van der Waals surface area contributed by atoms with Crippen molar-refractivity contribution in [3.05, 3.63) is 88.8 Å². The number of carbonyl (C=O) groups is 1. The van der Waals surface area contributed by atoms with Gasteiger partial charge >= 0.3 is 0 Å². The van der Waals surface area contributed by atoms with E-state index in [2.05, 4.69) is 45.7 Å². The molecule has 0 aliphatic rings. The van der Waals surface area contributed by atoms with Gasteiger partial charge in [0.1, 0.15) is 5.69 Å². The number of carbonyl (C=O) groups excluding carboxylic acids is 1. The number of hydrogen-bond donors (Lipinski definition) is 2. The molecule has 28 heavy (non-hydrogen) atoms. The van der Waals surface area contributed by atoms with Gasteiger partial charge in [0, 0.05) is 16.8 Å². The molecule has 0 aliphatic heterocycles. The molecule has 1 amide bonds. The van der Waals surface area contributed by atoms with Crippen LogP contribution in [0.2, 0.25) is 5.02 Å². The number of benzene rings is 2. The Balaban J connectivity index is 1.43. The summed E-state index contributed by atoms with van der Waals surface area (Å²) in [5.41, 5.74) is 4.91. The number of rotatable bonds is 5. The van der Waals surface area contributed by atoms with Gasteiger partial charge in [-0.05, 0) is 30.7 Å². The molecule has 2 aromatic heterocycles. The Morgan fingerprint density at radius 3 is 2.79 bits per heavy atom. The molecule has 2 N–H and O–H groups in total. The second kappa shape index (κ2) is 7.70. The molecule has 0 atom stereocenters. The van der Waals surface area contributed by atoms with Gasteiger partial charge in [-0.15, -0.1) is 0 Å². The van der Waals surface area contributed by atoms with Gasteiger partial charge in [-0.25, -0.2) is 0 Å². The third-order valence-corrected chi connectivity index (χ3v) is 4.53. The van der Waals surface area contributed by atoms with Crippen molar-refractivity contribution in [2.75, 3.05) is 5.32 Å². The van der Waals surface area contributed by atoms with Gasteiger partial charge in [0.25, 0.3) is 5.91 Å². The second-order valence-electron chi connectivity index (χ2n) is 6.54. The Bertz CT molecular complexity index is 1110. The van der Waals surface area contributed by atoms with Gasteiger partial charge in [0.15, 0.2) is 0 Å². The smallest absolute Gasteiger partial charge is 0.273 e. The van der Waals surface area contributed by atoms with E-state index in [-0.39, 0.29) is 5.91 Å². The standard InChI is InChI=1S/C21H18ClN5O/c1-14-3-2-4-15(9-14)12-27-13-18(11-23-27)24-21(28)20-10-19(25-26-20)16-5-7-17(22)8-6-16/h2-11,13H,12H2,1H3,(H,24,28)(H,25,26). The fraction of sp³-hybridized carbons (Fsp3) is 0.0952. The van der Waals surface area contributed by atoms with Crippen LogP contribution in [0.3, 0.4) is 0 Å². The van der Waals surface area contributed by atoms with E-state index in [0.717, 1.165) is 11.1 Å². The summed E-state index contributed by atoms with van der Waals surface area (Å²) in [6.45, 7) is 2.70. The highest BCUT2D eigenvalue weighted by molar-refractivity contribution is 6.30. The zero-order valence-electron chi connectivity index (χ0n) is 15.2. The van der Waals surface area contributed by atoms with Gasteiger partial charge in [-0.2, -0.15) is 10.2 Å². The molecule has 0 unspecified atom stereocenters. The zero-order chi connectivity index (χ0) is 19.5. The Hall–Kier alpha value is -3.38. The minimum Gasteiger partial charge on any atom is -0.318 e. The van der Waals surface area contributed by atoms with Crippen LogP contribution in [-0.2, 0) is 6.54 Å². The maximum atomic E-state index is 12.5. The molecule has 140 valence electrons. The first-order valence-electron chi connectivity index (χ1n) is 8.77. The van der Waals surface area contributed by atoms with Gasteiger partial charge in [0.05, 0.1) is 24.1 Å². The first-order valence-corrected chi connectivity index (χ1v) is 9.15. The van der Waals surface area contributed by atoms with Gasteiger partial charge in [-0.1, -0.05) is 53.6 Å². The molecule has 0 aliphatic carbocycles. The van der Waals surface area contributed by atoms with Crippen LogP contribution >= 0.6 is 11.6 Å². The van der Waals surface area contributed by atoms with Crippen molar-refractivity contribution in [3.63, 3.8) is 0 Å². The zero-order valence-corrected chi connectivity index (χ0v) is 15.9. The molecule has 0 saturated carbocycles. The minimum absolute atomic E-state index is 0.275. The number of aryl methyl sites for hydroxylation is 1. The number of hydrogen-bond acceptors (Lipinski definition) is 3. The number of H-pyrrole nitrogens is 1. The summed E-state index contributed by atoms with van der Waals surface area (Å²) in [5, 5.41) is 14.8. The van der Waals surface area contributed by atoms with Crippen LogP contribution in [0, 0.1) is 6.92 Å². The van der Waals surface area contributed by atoms with Gasteiger partial charge in [0.2, 0.25) is 0 Å². The molecule has 2 heterocycles. The van der Waals surface area contributed by atoms with E-state index >= 15 is 0 Å². The fourth-order valence-corrected chi connectivity index (χ4v) is 3.04. The number of nitrogens with one attached hydrogen (secondary N) is 2. The predicted octanol–water partition coefficient (Wildman–Crippen LogP) is 4.54. The molecule has 2 aromatic carbocycles. The molecule has 4 aromatic rings. The Kier molecular flexibility index (Phi) is 4.95. The normalized spacial score (nSPS) is 10.8. The van der Waals surface area contributed by atoms with E-state index in [4.69, 9.17) is 11.6 Å². The number of amides is 1. The van der Waals surface area contributed by atoms with Crippen molar-refractivity contribution >= 4 is 23.2 Å². The predicted molar refractivity (Wildman–Crippen MR) is 109 cm³/mol. The van der Waals surface area contributed by atoms with Crippen LogP contribution < -0.4 is 5.32 Å². The quantitative estimate of drug-likeness (QED) is 0.524. The van der Waals surface area contributed by atoms with Gasteiger partial charge < -0.3 is 5.32 Å². The fourth-order valence-electron chi connectivity index (χ4n) is 2.92. The van der Waals surface area contributed by atoms with Crippen molar-refractivity contribution in [2.45, 2.75) is 13.5 Å². The van der Waals surface area contributed by atoms with E-state index in [1.165, 1.54) is 5.56 Å². The van der Waals surface area contributed by atoms with Crippen LogP contribution in [0.15, 0.2) is 67.0 Å². The second-order valence-corrected chi connectivity index (χ2v) is 6.98. The number of halogens is 1. The maximum absolute atomic E-state index is 12.5. The van der Waals surface area contributed by atoms with Crippen LogP contribution in [0.25, 0.3) is 11.3 Å². The summed E-state index contributed by atoms with van der Waals surface area (Å²) in [6, 6.07) is 17.2. The molecule has 0 saturated heterocycles. The van der Waals surface area contributed by atoms with Gasteiger partial charge in [-0.3, -0.25) is 14.6 Å². The number of aromatic amines is 1. The summed E-state index contributed by atoms with van der Waals surface area (Å²) >= 11 is 5.91. The molecule has 0 spiro atoms. The largest absolute Gasteiger partial charge is 0.318 e. The Morgan fingerprint density at radius 1 is 1.18 bits per heavy atom. The maximum Gasteiger partial charge on any atom is 0.273 e. The molecule has 0 radical (unpaired) electrons. The van der Waals surface area contributed by atoms with E-state index in [9.17, 15) is 4.79 Å². The molecular weight excluding hydrogens is 374 g/mol. The minimum atomic E-state index is -0.275. The van der Waals surface area contributed by atoms with Crippen molar-refractivity contribution in [1.29, 1.82) is 0 Å². The highest BCUT2D eigenvalue weighted by Crippen LogP contribution is 2.20. The van der Waals surface area contributed by atoms with E-state index in [0.29, 0.717) is 28.6 Å². The molecule has 0 fully saturated rings. The van der Waals surface area contributed by atoms with E-state index < -0.39 is 0 Å². The topological polar surface area (TPSA) is 75.6 Å². The highest BCUT2D eigenvalue weighted by atomic mass is 35.5. The lowest BCUT2D eigenvalue weighted by Gasteiger charge is -2.03. The third-order valence-electron chi connectivity index (χ3n) is 4.28. The Morgan fingerprint density at radius 2 is 2.00 bits per heavy atom. The average molecular weight is 392 g/mol. The van der Waals surface area contributed by atoms with E-state index in [1.807, 2.05) is 18.2 Å². The lowest BCUT2D eigenvalue weighted by Crippen LogP contribution is -2.11. The average Bonchev–Trinajstić information content (AvgIpc) is 3.32. The lowest BCUT2D eigenvalue weighted by molar-refractivity contribution is 0.102. The number of anilines is 1. The van der Waals surface area contributed by atoms with Crippen molar-refractivity contribution in [3.8, 4) is 11.3 Å². The molecule has 7 heteroatoms. The van der Waals surface area contributed by atoms with Crippen molar-refractivity contribution in [1.82, 2.24) is 20.0 Å². The summed E-state index contributed by atoms with van der Waals surface area (Å²) in [5.74, 6) is -0.275. The monoisotopic (exact) mass is 391 g/mol. The lowest BCUT2D eigenvalue weighted by atomic mass is 10.1. The Labute approximate surface area is 167 Å². The summed E-state index contributed by atoms with van der Waals surface area (Å²) in [6.07, 6.45) is 3.43. The highest BCUT2D eigenvalue weighted by Gasteiger charge is 2.12. The van der Waals surface area contributed by atoms with Crippen LogP contribution in [-0.4, -0.2) is 25.9 Å². The van der Waals surface area contributed by atoms with Crippen LogP contribution in [0.5, 0.6) is 0 Å². The van der Waals surface area contributed by atoms with Crippen molar-refractivity contribution < 1.29 is 4.79 Å². The molecular formula is C21H18ClN5O. The third kappa shape index (κ3) is 4.13.